The van der Waals surface area contributed by atoms with E-state index in [1.807, 2.05) is 0 Å². The lowest BCUT2D eigenvalue weighted by molar-refractivity contribution is -0.151. The van der Waals surface area contributed by atoms with E-state index < -0.39 is 18.2 Å². The summed E-state index contributed by atoms with van der Waals surface area (Å²) in [5.74, 6) is -0.453. The number of ether oxygens (including phenoxy) is 1. The molecule has 6 nitrogen and oxygen atoms in total. The van der Waals surface area contributed by atoms with E-state index in [4.69, 9.17) is 4.74 Å². The Morgan fingerprint density at radius 3 is 1.09 bits per heavy atom. The number of amides is 1. The fourth-order valence-corrected chi connectivity index (χ4v) is 8.08. The number of hydrogen-bond acceptors (Lipinski definition) is 5. The van der Waals surface area contributed by atoms with Crippen LogP contribution in [0.5, 0.6) is 0 Å². The van der Waals surface area contributed by atoms with Crippen LogP contribution in [-0.4, -0.2) is 46.9 Å². The molecule has 56 heavy (non-hydrogen) atoms. The van der Waals surface area contributed by atoms with Crippen molar-refractivity contribution >= 4 is 11.9 Å². The summed E-state index contributed by atoms with van der Waals surface area (Å²) in [6.07, 6.45) is 47.3. The van der Waals surface area contributed by atoms with Gasteiger partial charge in [-0.2, -0.15) is 0 Å². The molecule has 0 radical (unpaired) electrons. The van der Waals surface area contributed by atoms with E-state index in [1.54, 1.807) is 0 Å². The average Bonchev–Trinajstić information content (AvgIpc) is 3.19. The molecule has 6 heteroatoms. The first kappa shape index (κ1) is 54.9. The minimum atomic E-state index is -0.778. The average molecular weight is 794 g/mol. The summed E-state index contributed by atoms with van der Waals surface area (Å²) in [7, 11) is 0. The molecule has 0 aliphatic heterocycles. The maximum atomic E-state index is 13.2. The second kappa shape index (κ2) is 45.0. The van der Waals surface area contributed by atoms with E-state index in [2.05, 4.69) is 26.1 Å². The molecule has 0 aliphatic carbocycles. The van der Waals surface area contributed by atoms with E-state index >= 15 is 0 Å². The maximum absolute atomic E-state index is 13.2. The van der Waals surface area contributed by atoms with E-state index in [-0.39, 0.29) is 24.9 Å². The topological polar surface area (TPSA) is 95.9 Å². The van der Waals surface area contributed by atoms with Gasteiger partial charge in [0.05, 0.1) is 25.2 Å². The maximum Gasteiger partial charge on any atom is 0.306 e. The summed E-state index contributed by atoms with van der Waals surface area (Å²) >= 11 is 0. The molecule has 334 valence electrons. The lowest BCUT2D eigenvalue weighted by Crippen LogP contribution is -2.46. The van der Waals surface area contributed by atoms with Gasteiger partial charge in [0.15, 0.2) is 0 Å². The molecular weight excluding hydrogens is 695 g/mol. The minimum absolute atomic E-state index is 0.0876. The summed E-state index contributed by atoms with van der Waals surface area (Å²) in [5, 5.41) is 23.7. The van der Waals surface area contributed by atoms with Crippen molar-refractivity contribution in [2.75, 3.05) is 6.61 Å². The molecule has 3 atom stereocenters. The van der Waals surface area contributed by atoms with Crippen molar-refractivity contribution in [3.05, 3.63) is 0 Å². The molecule has 0 aromatic heterocycles. The Labute approximate surface area is 349 Å². The predicted molar refractivity (Wildman–Crippen MR) is 241 cm³/mol. The van der Waals surface area contributed by atoms with E-state index in [1.165, 1.54) is 199 Å². The molecule has 0 spiro atoms. The number of aliphatic hydroxyl groups is 2. The van der Waals surface area contributed by atoms with Crippen LogP contribution in [0.25, 0.3) is 0 Å². The van der Waals surface area contributed by atoms with Gasteiger partial charge in [-0.25, -0.2) is 0 Å². The normalized spacial score (nSPS) is 13.2. The van der Waals surface area contributed by atoms with Crippen LogP contribution in [0.2, 0.25) is 0 Å². The Bertz CT molecular complexity index is 806. The number of aliphatic hydroxyl groups excluding tert-OH is 2. The molecule has 0 saturated heterocycles. The van der Waals surface area contributed by atoms with E-state index in [0.717, 1.165) is 38.5 Å². The van der Waals surface area contributed by atoms with Crippen LogP contribution in [-0.2, 0) is 14.3 Å². The quantitative estimate of drug-likeness (QED) is 0.0421. The molecule has 0 heterocycles. The Morgan fingerprint density at radius 2 is 0.750 bits per heavy atom. The van der Waals surface area contributed by atoms with Gasteiger partial charge in [-0.1, -0.05) is 245 Å². The van der Waals surface area contributed by atoms with Gasteiger partial charge in [-0.3, -0.25) is 9.59 Å². The highest BCUT2D eigenvalue weighted by Gasteiger charge is 2.24. The Balaban J connectivity index is 4.53. The third-order valence-corrected chi connectivity index (χ3v) is 11.9. The molecule has 0 aromatic carbocycles. The molecular formula is C50H99NO5. The van der Waals surface area contributed by atoms with Gasteiger partial charge in [-0.05, 0) is 25.7 Å². The van der Waals surface area contributed by atoms with Gasteiger partial charge in [-0.15, -0.1) is 0 Å². The van der Waals surface area contributed by atoms with Crippen molar-refractivity contribution < 1.29 is 24.5 Å². The van der Waals surface area contributed by atoms with Gasteiger partial charge >= 0.3 is 5.97 Å². The summed E-state index contributed by atoms with van der Waals surface area (Å²) in [4.78, 5) is 26.1. The highest BCUT2D eigenvalue weighted by atomic mass is 16.5. The number of unbranched alkanes of at least 4 members (excludes halogenated alkanes) is 34. The van der Waals surface area contributed by atoms with Crippen LogP contribution >= 0.6 is 0 Å². The SMILES string of the molecule is CCCCCCCCCCCCCCCC(=O)OC(CCCCCCCCCCCCCCC)CC(=O)NC(CO)C(O)CCCCCCCCCCCCC. The number of carbonyl (C=O) groups excluding carboxylic acids is 2. The van der Waals surface area contributed by atoms with Crippen LogP contribution in [0.15, 0.2) is 0 Å². The Hall–Kier alpha value is -1.14. The van der Waals surface area contributed by atoms with Crippen LogP contribution in [0.3, 0.4) is 0 Å². The summed E-state index contributed by atoms with van der Waals surface area (Å²) in [5.41, 5.74) is 0. The molecule has 0 saturated carbocycles. The van der Waals surface area contributed by atoms with Gasteiger partial charge in [0.25, 0.3) is 0 Å². The second-order valence-electron chi connectivity index (χ2n) is 17.6. The van der Waals surface area contributed by atoms with Crippen LogP contribution < -0.4 is 5.32 Å². The lowest BCUT2D eigenvalue weighted by atomic mass is 10.0. The van der Waals surface area contributed by atoms with Crippen LogP contribution in [0.1, 0.15) is 284 Å². The Morgan fingerprint density at radius 1 is 0.446 bits per heavy atom. The first-order valence-corrected chi connectivity index (χ1v) is 25.3. The molecule has 0 aromatic rings. The zero-order valence-electron chi connectivity index (χ0n) is 38.0. The fourth-order valence-electron chi connectivity index (χ4n) is 8.08. The molecule has 3 unspecified atom stereocenters. The Kier molecular flexibility index (Phi) is 44.0. The van der Waals surface area contributed by atoms with Gasteiger partial charge in [0.1, 0.15) is 6.10 Å². The zero-order valence-corrected chi connectivity index (χ0v) is 38.0. The van der Waals surface area contributed by atoms with Gasteiger partial charge < -0.3 is 20.3 Å². The van der Waals surface area contributed by atoms with Crippen molar-refractivity contribution in [3.63, 3.8) is 0 Å². The largest absolute Gasteiger partial charge is 0.462 e. The molecule has 0 fully saturated rings. The van der Waals surface area contributed by atoms with E-state index in [0.29, 0.717) is 19.3 Å². The first-order valence-electron chi connectivity index (χ1n) is 25.3. The zero-order chi connectivity index (χ0) is 41.0. The number of nitrogens with one attached hydrogen (secondary N) is 1. The smallest absolute Gasteiger partial charge is 0.306 e. The molecule has 0 rings (SSSR count). The summed E-state index contributed by atoms with van der Waals surface area (Å²) in [6, 6.07) is -0.691. The number of carbonyl (C=O) groups is 2. The number of esters is 1. The number of hydrogen-bond donors (Lipinski definition) is 3. The molecule has 1 amide bonds. The third-order valence-electron chi connectivity index (χ3n) is 11.9. The first-order chi connectivity index (χ1) is 27.5. The second-order valence-corrected chi connectivity index (χ2v) is 17.6. The molecule has 0 aliphatic rings. The van der Waals surface area contributed by atoms with Crippen molar-refractivity contribution in [1.82, 2.24) is 5.32 Å². The van der Waals surface area contributed by atoms with Crippen molar-refractivity contribution in [3.8, 4) is 0 Å². The highest BCUT2D eigenvalue weighted by molar-refractivity contribution is 5.77. The van der Waals surface area contributed by atoms with Crippen molar-refractivity contribution in [2.45, 2.75) is 302 Å². The monoisotopic (exact) mass is 794 g/mol. The minimum Gasteiger partial charge on any atom is -0.462 e. The van der Waals surface area contributed by atoms with E-state index in [9.17, 15) is 19.8 Å². The molecule has 0 bridgehead atoms. The number of rotatable bonds is 46. The molecule has 3 N–H and O–H groups in total. The van der Waals surface area contributed by atoms with Gasteiger partial charge in [0, 0.05) is 6.42 Å². The standard InChI is InChI=1S/C50H99NO5/c1-4-7-10-13-16-19-22-24-27-29-32-35-38-41-46(56-50(55)43-40-37-34-31-28-25-23-20-17-14-11-8-5-2)44-49(54)51-47(45-52)48(53)42-39-36-33-30-26-21-18-15-12-9-6-3/h46-48,52-53H,4-45H2,1-3H3,(H,51,54). The summed E-state index contributed by atoms with van der Waals surface area (Å²) in [6.45, 7) is 6.50. The lowest BCUT2D eigenvalue weighted by Gasteiger charge is -2.24. The predicted octanol–water partition coefficient (Wildman–Crippen LogP) is 14.8. The fraction of sp³-hybridized carbons (Fsp3) is 0.960. The van der Waals surface area contributed by atoms with Crippen molar-refractivity contribution in [1.29, 1.82) is 0 Å². The van der Waals surface area contributed by atoms with Crippen LogP contribution in [0.4, 0.5) is 0 Å². The van der Waals surface area contributed by atoms with Crippen molar-refractivity contribution in [2.24, 2.45) is 0 Å². The third kappa shape index (κ3) is 39.7. The highest BCUT2D eigenvalue weighted by Crippen LogP contribution is 2.19. The van der Waals surface area contributed by atoms with Gasteiger partial charge in [0.2, 0.25) is 5.91 Å². The van der Waals surface area contributed by atoms with Crippen LogP contribution in [0, 0.1) is 0 Å². The summed E-state index contributed by atoms with van der Waals surface area (Å²) < 4.78 is 5.93.